The van der Waals surface area contributed by atoms with Gasteiger partial charge >= 0.3 is 6.03 Å². The van der Waals surface area contributed by atoms with Gasteiger partial charge in [-0.25, -0.2) is 4.79 Å². The lowest BCUT2D eigenvalue weighted by molar-refractivity contribution is 0.239. The Morgan fingerprint density at radius 3 is 2.76 bits per heavy atom. The van der Waals surface area contributed by atoms with Crippen LogP contribution >= 0.6 is 0 Å². The molecule has 2 N–H and O–H groups in total. The first kappa shape index (κ1) is 11.2. The summed E-state index contributed by atoms with van der Waals surface area (Å²) in [6, 6.07) is 8.91. The number of nitrogens with one attached hydrogen (secondary N) is 2. The summed E-state index contributed by atoms with van der Waals surface area (Å²) in [7, 11) is 0. The largest absolute Gasteiger partial charge is 0.467 e. The van der Waals surface area contributed by atoms with Gasteiger partial charge in [-0.15, -0.1) is 0 Å². The molecule has 0 saturated carbocycles. The van der Waals surface area contributed by atoms with E-state index in [0.29, 0.717) is 13.1 Å². The van der Waals surface area contributed by atoms with Crippen molar-refractivity contribution in [2.75, 3.05) is 0 Å². The smallest absolute Gasteiger partial charge is 0.315 e. The van der Waals surface area contributed by atoms with E-state index in [2.05, 4.69) is 15.6 Å². The van der Waals surface area contributed by atoms with Crippen molar-refractivity contribution in [3.8, 4) is 0 Å². The van der Waals surface area contributed by atoms with Crippen molar-refractivity contribution in [1.82, 2.24) is 15.6 Å². The predicted molar refractivity (Wildman–Crippen MR) is 62.0 cm³/mol. The maximum atomic E-state index is 11.4. The van der Waals surface area contributed by atoms with Crippen LogP contribution in [0.25, 0.3) is 0 Å². The highest BCUT2D eigenvalue weighted by molar-refractivity contribution is 5.73. The molecule has 0 aliphatic carbocycles. The first-order valence-corrected chi connectivity index (χ1v) is 5.28. The number of furan rings is 1. The van der Waals surface area contributed by atoms with E-state index >= 15 is 0 Å². The second-order valence-electron chi connectivity index (χ2n) is 3.44. The number of nitrogens with zero attached hydrogens (tertiary/aromatic N) is 1. The highest BCUT2D eigenvalue weighted by Gasteiger charge is 2.01. The van der Waals surface area contributed by atoms with E-state index < -0.39 is 0 Å². The fourth-order valence-corrected chi connectivity index (χ4v) is 1.32. The first-order chi connectivity index (χ1) is 8.34. The minimum absolute atomic E-state index is 0.243. The molecule has 2 aromatic heterocycles. The number of hydrogen-bond acceptors (Lipinski definition) is 3. The summed E-state index contributed by atoms with van der Waals surface area (Å²) < 4.78 is 5.09. The van der Waals surface area contributed by atoms with Gasteiger partial charge in [0.15, 0.2) is 0 Å². The molecular weight excluding hydrogens is 218 g/mol. The molecule has 2 aromatic rings. The highest BCUT2D eigenvalue weighted by Crippen LogP contribution is 1.98. The normalized spacial score (nSPS) is 9.88. The Bertz CT molecular complexity index is 454. The van der Waals surface area contributed by atoms with Crippen LogP contribution in [0.3, 0.4) is 0 Å². The SMILES string of the molecule is O=C(NCc1ccccn1)NCc1ccco1. The molecule has 2 heterocycles. The second kappa shape index (κ2) is 5.69. The molecule has 5 nitrogen and oxygen atoms in total. The molecule has 0 spiro atoms. The fourth-order valence-electron chi connectivity index (χ4n) is 1.32. The maximum Gasteiger partial charge on any atom is 0.315 e. The quantitative estimate of drug-likeness (QED) is 0.841. The standard InChI is InChI=1S/C12H13N3O2/c16-12(15-9-11-5-3-7-17-11)14-8-10-4-1-2-6-13-10/h1-7H,8-9H2,(H2,14,15,16). The van der Waals surface area contributed by atoms with Gasteiger partial charge in [-0.05, 0) is 24.3 Å². The third-order valence-electron chi connectivity index (χ3n) is 2.16. The Morgan fingerprint density at radius 2 is 2.06 bits per heavy atom. The molecule has 0 unspecified atom stereocenters. The van der Waals surface area contributed by atoms with Gasteiger partial charge in [0.25, 0.3) is 0 Å². The third-order valence-corrected chi connectivity index (χ3v) is 2.16. The van der Waals surface area contributed by atoms with Gasteiger partial charge in [-0.2, -0.15) is 0 Å². The molecule has 0 aliphatic heterocycles. The van der Waals surface area contributed by atoms with E-state index in [4.69, 9.17) is 4.42 Å². The summed E-state index contributed by atoms with van der Waals surface area (Å²) in [6.07, 6.45) is 3.26. The summed E-state index contributed by atoms with van der Waals surface area (Å²) in [6.45, 7) is 0.784. The van der Waals surface area contributed by atoms with Crippen LogP contribution < -0.4 is 10.6 Å². The Hall–Kier alpha value is -2.30. The number of carbonyl (C=O) groups excluding carboxylic acids is 1. The van der Waals surface area contributed by atoms with Crippen molar-refractivity contribution in [1.29, 1.82) is 0 Å². The molecule has 0 aliphatic rings. The lowest BCUT2D eigenvalue weighted by Crippen LogP contribution is -2.34. The van der Waals surface area contributed by atoms with Crippen LogP contribution in [-0.2, 0) is 13.1 Å². The molecule has 2 rings (SSSR count). The lowest BCUT2D eigenvalue weighted by Gasteiger charge is -2.05. The Labute approximate surface area is 98.9 Å². The van der Waals surface area contributed by atoms with Crippen molar-refractivity contribution < 1.29 is 9.21 Å². The van der Waals surface area contributed by atoms with Crippen LogP contribution in [0.1, 0.15) is 11.5 Å². The number of aromatic nitrogens is 1. The van der Waals surface area contributed by atoms with Gasteiger partial charge < -0.3 is 15.1 Å². The maximum absolute atomic E-state index is 11.4. The number of hydrogen-bond donors (Lipinski definition) is 2. The van der Waals surface area contributed by atoms with Gasteiger partial charge in [0.1, 0.15) is 5.76 Å². The lowest BCUT2D eigenvalue weighted by atomic mass is 10.3. The fraction of sp³-hybridized carbons (Fsp3) is 0.167. The van der Waals surface area contributed by atoms with Gasteiger partial charge in [-0.1, -0.05) is 6.07 Å². The molecule has 5 heteroatoms. The Kier molecular flexibility index (Phi) is 3.75. The molecule has 0 fully saturated rings. The van der Waals surface area contributed by atoms with Crippen LogP contribution in [0.4, 0.5) is 4.79 Å². The first-order valence-electron chi connectivity index (χ1n) is 5.28. The van der Waals surface area contributed by atoms with Crippen LogP contribution in [0, 0.1) is 0 Å². The predicted octanol–water partition coefficient (Wildman–Crippen LogP) is 1.67. The average molecular weight is 231 g/mol. The summed E-state index contributed by atoms with van der Waals surface area (Å²) >= 11 is 0. The van der Waals surface area contributed by atoms with Gasteiger partial charge in [0, 0.05) is 6.20 Å². The molecule has 88 valence electrons. The van der Waals surface area contributed by atoms with Crippen LogP contribution in [0.5, 0.6) is 0 Å². The number of urea groups is 1. The van der Waals surface area contributed by atoms with Crippen molar-refractivity contribution in [2.24, 2.45) is 0 Å². The molecule has 17 heavy (non-hydrogen) atoms. The van der Waals surface area contributed by atoms with Crippen LogP contribution in [-0.4, -0.2) is 11.0 Å². The van der Waals surface area contributed by atoms with Crippen molar-refractivity contribution in [3.63, 3.8) is 0 Å². The van der Waals surface area contributed by atoms with E-state index in [1.54, 1.807) is 24.6 Å². The average Bonchev–Trinajstić information content (AvgIpc) is 2.88. The summed E-state index contributed by atoms with van der Waals surface area (Å²) in [5, 5.41) is 5.39. The molecule has 0 saturated heterocycles. The van der Waals surface area contributed by atoms with Crippen LogP contribution in [0.15, 0.2) is 47.2 Å². The van der Waals surface area contributed by atoms with E-state index in [0.717, 1.165) is 11.5 Å². The molecular formula is C12H13N3O2. The summed E-state index contributed by atoms with van der Waals surface area (Å²) in [4.78, 5) is 15.5. The van der Waals surface area contributed by atoms with Gasteiger partial charge in [-0.3, -0.25) is 4.98 Å². The number of carbonyl (C=O) groups is 1. The zero-order valence-corrected chi connectivity index (χ0v) is 9.22. The topological polar surface area (TPSA) is 67.2 Å². The molecule has 2 amide bonds. The molecule has 0 radical (unpaired) electrons. The zero-order chi connectivity index (χ0) is 11.9. The summed E-state index contributed by atoms with van der Waals surface area (Å²) in [5.74, 6) is 0.720. The number of amides is 2. The van der Waals surface area contributed by atoms with E-state index in [1.165, 1.54) is 0 Å². The Morgan fingerprint density at radius 1 is 1.18 bits per heavy atom. The minimum Gasteiger partial charge on any atom is -0.467 e. The monoisotopic (exact) mass is 231 g/mol. The van der Waals surface area contributed by atoms with E-state index in [1.807, 2.05) is 18.2 Å². The van der Waals surface area contributed by atoms with E-state index in [9.17, 15) is 4.79 Å². The van der Waals surface area contributed by atoms with Gasteiger partial charge in [0.05, 0.1) is 25.0 Å². The zero-order valence-electron chi connectivity index (χ0n) is 9.22. The number of rotatable bonds is 4. The molecule has 0 bridgehead atoms. The highest BCUT2D eigenvalue weighted by atomic mass is 16.3. The molecule has 0 aromatic carbocycles. The second-order valence-corrected chi connectivity index (χ2v) is 3.44. The number of pyridine rings is 1. The Balaban J connectivity index is 1.71. The van der Waals surface area contributed by atoms with Gasteiger partial charge in [0.2, 0.25) is 0 Å². The van der Waals surface area contributed by atoms with Crippen molar-refractivity contribution >= 4 is 6.03 Å². The van der Waals surface area contributed by atoms with Crippen molar-refractivity contribution in [3.05, 3.63) is 54.2 Å². The molecule has 0 atom stereocenters. The summed E-state index contributed by atoms with van der Waals surface area (Å²) in [5.41, 5.74) is 0.820. The third kappa shape index (κ3) is 3.64. The van der Waals surface area contributed by atoms with Crippen molar-refractivity contribution in [2.45, 2.75) is 13.1 Å². The van der Waals surface area contributed by atoms with E-state index in [-0.39, 0.29) is 6.03 Å². The minimum atomic E-state index is -0.243. The van der Waals surface area contributed by atoms with Crippen LogP contribution in [0.2, 0.25) is 0 Å².